The van der Waals surface area contributed by atoms with Gasteiger partial charge in [-0.05, 0) is 19.3 Å². The Kier molecular flexibility index (Phi) is 4.38. The standard InChI is InChI=1S/C13H27NO/c1-10(2)14(9-12(3,4)5)11(15)13(6,7)8/h10H,9H2,1-8H3. The van der Waals surface area contributed by atoms with E-state index in [4.69, 9.17) is 0 Å². The summed E-state index contributed by atoms with van der Waals surface area (Å²) in [7, 11) is 0. The third kappa shape index (κ3) is 5.19. The minimum atomic E-state index is -0.282. The van der Waals surface area contributed by atoms with E-state index in [1.54, 1.807) is 0 Å². The van der Waals surface area contributed by atoms with Crippen LogP contribution < -0.4 is 0 Å². The third-order valence-electron chi connectivity index (χ3n) is 2.17. The fourth-order valence-electron chi connectivity index (χ4n) is 1.43. The minimum Gasteiger partial charge on any atom is -0.339 e. The predicted octanol–water partition coefficient (Wildman–Crippen LogP) is 3.32. The van der Waals surface area contributed by atoms with Gasteiger partial charge in [0, 0.05) is 18.0 Å². The summed E-state index contributed by atoms with van der Waals surface area (Å²) in [6.07, 6.45) is 0. The van der Waals surface area contributed by atoms with Crippen LogP contribution in [0.2, 0.25) is 0 Å². The van der Waals surface area contributed by atoms with Crippen molar-refractivity contribution in [2.24, 2.45) is 10.8 Å². The van der Waals surface area contributed by atoms with E-state index in [-0.39, 0.29) is 22.8 Å². The number of carbonyl (C=O) groups excluding carboxylic acids is 1. The molecule has 0 aromatic carbocycles. The lowest BCUT2D eigenvalue weighted by molar-refractivity contribution is -0.142. The van der Waals surface area contributed by atoms with Crippen LogP contribution in [-0.2, 0) is 4.79 Å². The monoisotopic (exact) mass is 213 g/mol. The molecule has 90 valence electrons. The molecule has 0 radical (unpaired) electrons. The Morgan fingerprint density at radius 3 is 1.67 bits per heavy atom. The van der Waals surface area contributed by atoms with Crippen molar-refractivity contribution >= 4 is 5.91 Å². The molecule has 0 atom stereocenters. The molecule has 0 aliphatic carbocycles. The number of amides is 1. The van der Waals surface area contributed by atoms with Crippen LogP contribution in [0.4, 0.5) is 0 Å². The van der Waals surface area contributed by atoms with Crippen molar-refractivity contribution in [1.29, 1.82) is 0 Å². The number of nitrogens with zero attached hydrogens (tertiary/aromatic N) is 1. The molecule has 0 aliphatic heterocycles. The van der Waals surface area contributed by atoms with Crippen LogP contribution in [-0.4, -0.2) is 23.4 Å². The van der Waals surface area contributed by atoms with Crippen LogP contribution in [0.5, 0.6) is 0 Å². The van der Waals surface area contributed by atoms with Crippen LogP contribution in [0.15, 0.2) is 0 Å². The first-order valence-corrected chi connectivity index (χ1v) is 5.76. The summed E-state index contributed by atoms with van der Waals surface area (Å²) in [5.74, 6) is 0.243. The van der Waals surface area contributed by atoms with E-state index in [2.05, 4.69) is 34.6 Å². The SMILES string of the molecule is CC(C)N(CC(C)(C)C)C(=O)C(C)(C)C. The van der Waals surface area contributed by atoms with Crippen molar-refractivity contribution in [2.75, 3.05) is 6.54 Å². The molecule has 0 saturated carbocycles. The lowest BCUT2D eigenvalue weighted by Crippen LogP contribution is -2.47. The van der Waals surface area contributed by atoms with E-state index in [1.807, 2.05) is 25.7 Å². The Bertz CT molecular complexity index is 218. The van der Waals surface area contributed by atoms with Gasteiger partial charge >= 0.3 is 0 Å². The minimum absolute atomic E-state index is 0.158. The second kappa shape index (κ2) is 4.54. The summed E-state index contributed by atoms with van der Waals surface area (Å²) < 4.78 is 0. The summed E-state index contributed by atoms with van der Waals surface area (Å²) in [6.45, 7) is 17.4. The number of hydrogen-bond donors (Lipinski definition) is 0. The highest BCUT2D eigenvalue weighted by atomic mass is 16.2. The summed E-state index contributed by atoms with van der Waals surface area (Å²) in [5, 5.41) is 0. The van der Waals surface area contributed by atoms with Gasteiger partial charge in [-0.15, -0.1) is 0 Å². The van der Waals surface area contributed by atoms with Crippen LogP contribution in [0.3, 0.4) is 0 Å². The van der Waals surface area contributed by atoms with E-state index < -0.39 is 0 Å². The second-order valence-electron chi connectivity index (χ2n) is 6.84. The highest BCUT2D eigenvalue weighted by Gasteiger charge is 2.31. The zero-order valence-corrected chi connectivity index (χ0v) is 11.6. The average molecular weight is 213 g/mol. The van der Waals surface area contributed by atoms with Gasteiger partial charge in [-0.3, -0.25) is 4.79 Å². The van der Waals surface area contributed by atoms with E-state index in [0.717, 1.165) is 6.54 Å². The molecule has 0 aromatic heterocycles. The highest BCUT2D eigenvalue weighted by Crippen LogP contribution is 2.23. The molecule has 2 nitrogen and oxygen atoms in total. The van der Waals surface area contributed by atoms with Gasteiger partial charge in [0.15, 0.2) is 0 Å². The van der Waals surface area contributed by atoms with Gasteiger partial charge in [0.05, 0.1) is 0 Å². The molecule has 0 spiro atoms. The summed E-state index contributed by atoms with van der Waals surface area (Å²) in [6, 6.07) is 0.274. The maximum absolute atomic E-state index is 12.2. The smallest absolute Gasteiger partial charge is 0.228 e. The molecule has 0 bridgehead atoms. The van der Waals surface area contributed by atoms with Crippen molar-refractivity contribution in [3.05, 3.63) is 0 Å². The Morgan fingerprint density at radius 2 is 1.47 bits per heavy atom. The van der Waals surface area contributed by atoms with Crippen molar-refractivity contribution in [2.45, 2.75) is 61.4 Å². The molecular weight excluding hydrogens is 186 g/mol. The quantitative estimate of drug-likeness (QED) is 0.689. The lowest BCUT2D eigenvalue weighted by atomic mass is 9.90. The largest absolute Gasteiger partial charge is 0.339 e. The predicted molar refractivity (Wildman–Crippen MR) is 65.8 cm³/mol. The number of rotatable bonds is 2. The van der Waals surface area contributed by atoms with Gasteiger partial charge in [0.25, 0.3) is 0 Å². The third-order valence-corrected chi connectivity index (χ3v) is 2.17. The van der Waals surface area contributed by atoms with Gasteiger partial charge in [-0.1, -0.05) is 41.5 Å². The average Bonchev–Trinajstić information content (AvgIpc) is 1.94. The van der Waals surface area contributed by atoms with E-state index >= 15 is 0 Å². The molecule has 0 aromatic rings. The molecular formula is C13H27NO. The first kappa shape index (κ1) is 14.5. The van der Waals surface area contributed by atoms with Gasteiger partial charge in [0.2, 0.25) is 5.91 Å². The van der Waals surface area contributed by atoms with Crippen molar-refractivity contribution in [3.8, 4) is 0 Å². The molecule has 0 unspecified atom stereocenters. The second-order valence-corrected chi connectivity index (χ2v) is 6.84. The van der Waals surface area contributed by atoms with Crippen LogP contribution in [0.25, 0.3) is 0 Å². The Labute approximate surface area is 95.0 Å². The van der Waals surface area contributed by atoms with Crippen LogP contribution in [0, 0.1) is 10.8 Å². The molecule has 1 amide bonds. The Balaban J connectivity index is 4.77. The van der Waals surface area contributed by atoms with Gasteiger partial charge in [-0.25, -0.2) is 0 Å². The maximum Gasteiger partial charge on any atom is 0.228 e. The van der Waals surface area contributed by atoms with E-state index in [9.17, 15) is 4.79 Å². The highest BCUT2D eigenvalue weighted by molar-refractivity contribution is 5.81. The number of carbonyl (C=O) groups is 1. The fraction of sp³-hybridized carbons (Fsp3) is 0.923. The Morgan fingerprint density at radius 1 is 1.07 bits per heavy atom. The fourth-order valence-corrected chi connectivity index (χ4v) is 1.43. The van der Waals surface area contributed by atoms with Crippen LogP contribution >= 0.6 is 0 Å². The molecule has 2 heteroatoms. The first-order valence-electron chi connectivity index (χ1n) is 5.76. The summed E-state index contributed by atoms with van der Waals surface area (Å²) in [5.41, 5.74) is -0.124. The van der Waals surface area contributed by atoms with Crippen molar-refractivity contribution < 1.29 is 4.79 Å². The maximum atomic E-state index is 12.2. The molecule has 0 saturated heterocycles. The molecule has 15 heavy (non-hydrogen) atoms. The summed E-state index contributed by atoms with van der Waals surface area (Å²) in [4.78, 5) is 14.2. The molecule has 0 fully saturated rings. The number of hydrogen-bond acceptors (Lipinski definition) is 1. The van der Waals surface area contributed by atoms with Gasteiger partial charge < -0.3 is 4.90 Å². The molecule has 0 rings (SSSR count). The molecule has 0 heterocycles. The Hall–Kier alpha value is -0.530. The molecule has 0 aliphatic rings. The van der Waals surface area contributed by atoms with Crippen molar-refractivity contribution in [1.82, 2.24) is 4.90 Å². The van der Waals surface area contributed by atoms with Gasteiger partial charge in [0.1, 0.15) is 0 Å². The summed E-state index contributed by atoms with van der Waals surface area (Å²) >= 11 is 0. The van der Waals surface area contributed by atoms with Crippen LogP contribution in [0.1, 0.15) is 55.4 Å². The normalized spacial score (nSPS) is 13.1. The zero-order chi connectivity index (χ0) is 12.4. The van der Waals surface area contributed by atoms with Gasteiger partial charge in [-0.2, -0.15) is 0 Å². The van der Waals surface area contributed by atoms with E-state index in [1.165, 1.54) is 0 Å². The van der Waals surface area contributed by atoms with Crippen molar-refractivity contribution in [3.63, 3.8) is 0 Å². The van der Waals surface area contributed by atoms with E-state index in [0.29, 0.717) is 0 Å². The first-order chi connectivity index (χ1) is 6.45. The zero-order valence-electron chi connectivity index (χ0n) is 11.6. The lowest BCUT2D eigenvalue weighted by Gasteiger charge is -2.37. The topological polar surface area (TPSA) is 20.3 Å². The molecule has 0 N–H and O–H groups in total.